The first kappa shape index (κ1) is 10.1. The Balaban J connectivity index is 0. The van der Waals surface area contributed by atoms with Crippen LogP contribution in [-0.2, 0) is 9.59 Å². The van der Waals surface area contributed by atoms with Crippen molar-refractivity contribution < 1.29 is 49.4 Å². The molecule has 0 saturated heterocycles. The maximum absolute atomic E-state index is 10.5. The summed E-state index contributed by atoms with van der Waals surface area (Å²) < 4.78 is 6.28. The van der Waals surface area contributed by atoms with Gasteiger partial charge in [-0.2, -0.15) is 0 Å². The smallest absolute Gasteiger partial charge is 0.547 e. The molecule has 10 heavy (non-hydrogen) atoms. The summed E-state index contributed by atoms with van der Waals surface area (Å²) in [5.74, 6) is -2.46. The van der Waals surface area contributed by atoms with Gasteiger partial charge in [0.05, 0.1) is 5.97 Å². The summed E-state index contributed by atoms with van der Waals surface area (Å²) in [5.41, 5.74) is -2.12. The van der Waals surface area contributed by atoms with Crippen LogP contribution in [0, 0.1) is 0 Å². The summed E-state index contributed by atoms with van der Waals surface area (Å²) in [6.45, 7) is 1.99. The van der Waals surface area contributed by atoms with Crippen LogP contribution in [0.5, 0.6) is 0 Å². The second-order valence-corrected chi connectivity index (χ2v) is 1.88. The number of hydrogen-bond donors (Lipinski definition) is 1. The third-order valence-corrected chi connectivity index (χ3v) is 1.06. The topological polar surface area (TPSA) is 77.4 Å². The number of rotatable bonds is 3. The fraction of sp³-hybridized carbons (Fsp3) is 0.600. The quantitative estimate of drug-likeness (QED) is 0.252. The Labute approximate surface area is 82.0 Å². The SMILES string of the molecule is [2H]OC([13CH3])(C(C)=O)C(=O)[O-].[Na+]. The predicted octanol–water partition coefficient (Wildman–Crippen LogP) is -4.92. The van der Waals surface area contributed by atoms with Crippen molar-refractivity contribution in [3.8, 4) is 0 Å². The molecule has 0 bridgehead atoms. The molecule has 0 aliphatic heterocycles. The zero-order valence-corrected chi connectivity index (χ0v) is 8.13. The van der Waals surface area contributed by atoms with Crippen LogP contribution in [0.1, 0.15) is 13.8 Å². The molecule has 0 heterocycles. The maximum atomic E-state index is 10.5. The van der Waals surface area contributed by atoms with Crippen molar-refractivity contribution in [3.05, 3.63) is 0 Å². The first-order valence-corrected chi connectivity index (χ1v) is 2.32. The van der Waals surface area contributed by atoms with E-state index in [2.05, 4.69) is 5.11 Å². The van der Waals surface area contributed by atoms with Crippen molar-refractivity contribution in [1.82, 2.24) is 0 Å². The van der Waals surface area contributed by atoms with Crippen LogP contribution in [0.2, 0.25) is 0 Å². The summed E-state index contributed by atoms with van der Waals surface area (Å²) >= 11 is 0. The molecule has 0 rings (SSSR count). The Morgan fingerprint density at radius 1 is 1.70 bits per heavy atom. The van der Waals surface area contributed by atoms with Crippen molar-refractivity contribution in [3.63, 3.8) is 0 Å². The van der Waals surface area contributed by atoms with Gasteiger partial charge in [0.15, 0.2) is 11.4 Å². The minimum atomic E-state index is -2.12. The molecule has 0 amide bonds. The molecule has 0 saturated carbocycles. The van der Waals surface area contributed by atoms with Gasteiger partial charge in [-0.15, -0.1) is 0 Å². The van der Waals surface area contributed by atoms with E-state index in [-0.39, 0.29) is 29.6 Å². The number of aliphatic carboxylic acids is 1. The summed E-state index contributed by atoms with van der Waals surface area (Å²) in [5, 5.41) is 13.8. The van der Waals surface area contributed by atoms with Gasteiger partial charge >= 0.3 is 29.6 Å². The second-order valence-electron chi connectivity index (χ2n) is 1.88. The number of hydrogen-bond acceptors (Lipinski definition) is 4. The van der Waals surface area contributed by atoms with E-state index in [0.717, 1.165) is 13.8 Å². The van der Waals surface area contributed by atoms with Gasteiger partial charge in [-0.3, -0.25) is 4.79 Å². The molecular weight excluding hydrogens is 148 g/mol. The fourth-order valence-electron chi connectivity index (χ4n) is 0.144. The number of carboxylic acids is 1. The van der Waals surface area contributed by atoms with E-state index in [1.54, 1.807) is 0 Å². The Morgan fingerprint density at radius 2 is 2.10 bits per heavy atom. The van der Waals surface area contributed by atoms with E-state index in [0.29, 0.717) is 0 Å². The third-order valence-electron chi connectivity index (χ3n) is 1.06. The van der Waals surface area contributed by atoms with Gasteiger partial charge in [0.2, 0.25) is 1.43 Å². The van der Waals surface area contributed by atoms with Crippen LogP contribution in [0.15, 0.2) is 0 Å². The third kappa shape index (κ3) is 2.79. The van der Waals surface area contributed by atoms with Crippen LogP contribution in [0.25, 0.3) is 0 Å². The largest absolute Gasteiger partial charge is 1.00 e. The monoisotopic (exact) mass is 156 g/mol. The molecule has 0 aromatic rings. The molecule has 4 nitrogen and oxygen atoms in total. The number of carbonyl (C=O) groups excluding carboxylic acids is 2. The Kier molecular flexibility index (Phi) is 4.12. The fourth-order valence-corrected chi connectivity index (χ4v) is 0.144. The average Bonchev–Trinajstić information content (AvgIpc) is 1.85. The van der Waals surface area contributed by atoms with E-state index in [1.807, 2.05) is 0 Å². The zero-order chi connectivity index (χ0) is 8.36. The average molecular weight is 156 g/mol. The van der Waals surface area contributed by atoms with Crippen LogP contribution >= 0.6 is 0 Å². The van der Waals surface area contributed by atoms with Crippen LogP contribution in [0.3, 0.4) is 0 Å². The van der Waals surface area contributed by atoms with Gasteiger partial charge < -0.3 is 15.0 Å². The maximum Gasteiger partial charge on any atom is 1.00 e. The number of carbonyl (C=O) groups is 2. The Bertz CT molecular complexity index is 156. The Hall–Kier alpha value is 0.100. The number of carboxylic acid groups (broad SMARTS) is 1. The van der Waals surface area contributed by atoms with Crippen molar-refractivity contribution in [1.29, 1.82) is 1.43 Å². The normalized spacial score (nSPS) is 16.0. The zero-order valence-electron chi connectivity index (χ0n) is 7.13. The van der Waals surface area contributed by atoms with E-state index in [9.17, 15) is 14.7 Å². The molecular formula is C5H7NaO4. The van der Waals surface area contributed by atoms with Gasteiger partial charge in [0, 0.05) is 0 Å². The summed E-state index contributed by atoms with van der Waals surface area (Å²) in [4.78, 5) is 20.6. The first-order chi connectivity index (χ1) is 4.45. The number of ketones is 1. The molecule has 0 aromatic heterocycles. The van der Waals surface area contributed by atoms with Crippen molar-refractivity contribution >= 4 is 11.8 Å². The van der Waals surface area contributed by atoms with Gasteiger partial charge in [-0.05, 0) is 13.8 Å². The van der Waals surface area contributed by atoms with E-state index < -0.39 is 17.4 Å². The van der Waals surface area contributed by atoms with Gasteiger partial charge in [0.25, 0.3) is 0 Å². The molecule has 0 aliphatic carbocycles. The van der Waals surface area contributed by atoms with Crippen LogP contribution in [0.4, 0.5) is 0 Å². The first-order valence-electron chi connectivity index (χ1n) is 2.72. The molecule has 0 aliphatic rings. The van der Waals surface area contributed by atoms with E-state index >= 15 is 0 Å². The predicted molar refractivity (Wildman–Crippen MR) is 26.3 cm³/mol. The second kappa shape index (κ2) is 4.08. The number of Topliss-reactive ketones (excluding diaryl/α,β-unsaturated/α-hetero) is 1. The van der Waals surface area contributed by atoms with Crippen LogP contribution in [-0.4, -0.2) is 23.9 Å². The van der Waals surface area contributed by atoms with Crippen molar-refractivity contribution in [2.45, 2.75) is 19.4 Å². The molecule has 1 atom stereocenters. The summed E-state index contributed by atoms with van der Waals surface area (Å²) in [6.07, 6.45) is 0. The molecule has 1 N–H and O–H groups in total. The Morgan fingerprint density at radius 3 is 2.10 bits per heavy atom. The minimum absolute atomic E-state index is 0. The molecule has 1 unspecified atom stereocenters. The summed E-state index contributed by atoms with van der Waals surface area (Å²) in [7, 11) is 0. The number of aliphatic hydroxyl groups is 1. The van der Waals surface area contributed by atoms with Crippen LogP contribution < -0.4 is 34.7 Å². The van der Waals surface area contributed by atoms with Crippen molar-refractivity contribution in [2.24, 2.45) is 0 Å². The van der Waals surface area contributed by atoms with Gasteiger partial charge in [-0.1, -0.05) is 0 Å². The minimum Gasteiger partial charge on any atom is -0.547 e. The molecule has 0 spiro atoms. The van der Waals surface area contributed by atoms with Gasteiger partial charge in [-0.25, -0.2) is 0 Å². The molecule has 52 valence electrons. The standard InChI is InChI=1S/C5H8O4.Na/c1-3(6)5(2,9)4(7)8;/h9H,1-2H3,(H,7,8);/q;+1/p-1/i2+1,9D;. The molecule has 0 aromatic carbocycles. The van der Waals surface area contributed by atoms with Crippen molar-refractivity contribution in [2.75, 3.05) is 0 Å². The molecule has 5 heteroatoms. The molecule has 0 fully saturated rings. The van der Waals surface area contributed by atoms with Gasteiger partial charge in [0.1, 0.15) is 0 Å². The van der Waals surface area contributed by atoms with E-state index in [1.165, 1.54) is 0 Å². The van der Waals surface area contributed by atoms with E-state index in [4.69, 9.17) is 1.43 Å². The molecule has 0 radical (unpaired) electrons. The summed E-state index contributed by atoms with van der Waals surface area (Å²) in [6, 6.07) is 0.